The second kappa shape index (κ2) is 9.89. The second-order valence-corrected chi connectivity index (χ2v) is 7.34. The molecule has 0 bridgehead atoms. The Kier molecular flexibility index (Phi) is 7.04. The number of benzene rings is 3. The van der Waals surface area contributed by atoms with E-state index >= 15 is 0 Å². The molecule has 1 amide bonds. The van der Waals surface area contributed by atoms with E-state index in [1.54, 1.807) is 7.11 Å². The Hall–Kier alpha value is -3.11. The van der Waals surface area contributed by atoms with Crippen LogP contribution in [0.4, 0.5) is 0 Å². The highest BCUT2D eigenvalue weighted by Crippen LogP contribution is 2.24. The Morgan fingerprint density at radius 2 is 1.55 bits per heavy atom. The number of rotatable bonds is 8. The maximum Gasteiger partial charge on any atom is 0.234 e. The summed E-state index contributed by atoms with van der Waals surface area (Å²) in [7, 11) is 3.61. The van der Waals surface area contributed by atoms with Gasteiger partial charge in [0.1, 0.15) is 5.75 Å². The summed E-state index contributed by atoms with van der Waals surface area (Å²) in [5.74, 6) is 0.786. The molecule has 0 spiro atoms. The number of nitrogens with zero attached hydrogens (tertiary/aromatic N) is 1. The quantitative estimate of drug-likeness (QED) is 0.624. The predicted octanol–water partition coefficient (Wildman–Crippen LogP) is 4.34. The molecule has 29 heavy (non-hydrogen) atoms. The lowest BCUT2D eigenvalue weighted by atomic mass is 9.98. The van der Waals surface area contributed by atoms with Crippen LogP contribution in [0.3, 0.4) is 0 Å². The van der Waals surface area contributed by atoms with Gasteiger partial charge in [-0.2, -0.15) is 0 Å². The van der Waals surface area contributed by atoms with E-state index in [9.17, 15) is 4.79 Å². The summed E-state index contributed by atoms with van der Waals surface area (Å²) in [5.41, 5.74) is 4.50. The van der Waals surface area contributed by atoms with Gasteiger partial charge in [0.2, 0.25) is 5.91 Å². The third kappa shape index (κ3) is 5.93. The number of ether oxygens (including phenoxy) is 1. The van der Waals surface area contributed by atoms with Crippen LogP contribution in [0.1, 0.15) is 28.3 Å². The molecule has 3 rings (SSSR count). The normalized spacial score (nSPS) is 11.9. The fraction of sp³-hybridized carbons (Fsp3) is 0.240. The topological polar surface area (TPSA) is 41.6 Å². The van der Waals surface area contributed by atoms with Crippen molar-refractivity contribution >= 4 is 5.91 Å². The van der Waals surface area contributed by atoms with Gasteiger partial charge in [-0.15, -0.1) is 0 Å². The van der Waals surface area contributed by atoms with E-state index in [4.69, 9.17) is 4.74 Å². The molecule has 0 heterocycles. The first-order valence-corrected chi connectivity index (χ1v) is 9.77. The number of likely N-dealkylation sites (N-methyl/N-ethyl adjacent to an activating group) is 1. The van der Waals surface area contributed by atoms with Crippen molar-refractivity contribution in [3.8, 4) is 5.75 Å². The molecule has 0 aliphatic rings. The molecule has 0 radical (unpaired) electrons. The second-order valence-electron chi connectivity index (χ2n) is 7.34. The van der Waals surface area contributed by atoms with E-state index in [-0.39, 0.29) is 11.9 Å². The first-order chi connectivity index (χ1) is 14.0. The Morgan fingerprint density at radius 3 is 2.17 bits per heavy atom. The van der Waals surface area contributed by atoms with Gasteiger partial charge in [-0.3, -0.25) is 9.69 Å². The van der Waals surface area contributed by atoms with E-state index in [0.717, 1.165) is 23.4 Å². The maximum atomic E-state index is 12.8. The fourth-order valence-corrected chi connectivity index (χ4v) is 3.31. The molecule has 4 nitrogen and oxygen atoms in total. The Morgan fingerprint density at radius 1 is 0.931 bits per heavy atom. The monoisotopic (exact) mass is 388 g/mol. The van der Waals surface area contributed by atoms with Gasteiger partial charge in [0.25, 0.3) is 0 Å². The van der Waals surface area contributed by atoms with Crippen LogP contribution in [0.25, 0.3) is 0 Å². The van der Waals surface area contributed by atoms with E-state index in [1.807, 2.05) is 66.5 Å². The Balaban J connectivity index is 1.69. The zero-order chi connectivity index (χ0) is 20.6. The van der Waals surface area contributed by atoms with Crippen LogP contribution in [0.15, 0.2) is 78.9 Å². The predicted molar refractivity (Wildman–Crippen MR) is 117 cm³/mol. The molecule has 1 atom stereocenters. The largest absolute Gasteiger partial charge is 0.497 e. The summed E-state index contributed by atoms with van der Waals surface area (Å²) in [6.45, 7) is 3.13. The first-order valence-electron chi connectivity index (χ1n) is 9.77. The van der Waals surface area contributed by atoms with Crippen LogP contribution < -0.4 is 10.1 Å². The average molecular weight is 389 g/mol. The van der Waals surface area contributed by atoms with Crippen molar-refractivity contribution in [3.05, 3.63) is 101 Å². The average Bonchev–Trinajstić information content (AvgIpc) is 2.74. The molecule has 0 saturated carbocycles. The van der Waals surface area contributed by atoms with Gasteiger partial charge in [0, 0.05) is 6.54 Å². The number of amides is 1. The highest BCUT2D eigenvalue weighted by atomic mass is 16.5. The highest BCUT2D eigenvalue weighted by Gasteiger charge is 2.18. The molecule has 1 N–H and O–H groups in total. The van der Waals surface area contributed by atoms with Crippen molar-refractivity contribution in [3.63, 3.8) is 0 Å². The lowest BCUT2D eigenvalue weighted by molar-refractivity contribution is -0.122. The number of hydrogen-bond donors (Lipinski definition) is 1. The number of carbonyl (C=O) groups is 1. The smallest absolute Gasteiger partial charge is 0.234 e. The summed E-state index contributed by atoms with van der Waals surface area (Å²) in [6, 6.07) is 26.0. The zero-order valence-electron chi connectivity index (χ0n) is 17.3. The lowest BCUT2D eigenvalue weighted by Gasteiger charge is -2.22. The summed E-state index contributed by atoms with van der Waals surface area (Å²) in [5, 5.41) is 3.19. The Bertz CT molecular complexity index is 906. The first kappa shape index (κ1) is 20.6. The molecular weight excluding hydrogens is 360 g/mol. The van der Waals surface area contributed by atoms with Crippen molar-refractivity contribution in [1.29, 1.82) is 0 Å². The SMILES string of the molecule is COc1ccc([C@H](NC(=O)CN(C)Cc2ccc(C)cc2)c2ccccc2)cc1. The van der Waals surface area contributed by atoms with Gasteiger partial charge in [-0.25, -0.2) is 0 Å². The molecule has 0 aliphatic heterocycles. The van der Waals surface area contributed by atoms with Crippen LogP contribution in [-0.2, 0) is 11.3 Å². The van der Waals surface area contributed by atoms with Crippen molar-refractivity contribution in [2.45, 2.75) is 19.5 Å². The highest BCUT2D eigenvalue weighted by molar-refractivity contribution is 5.79. The third-order valence-electron chi connectivity index (χ3n) is 4.87. The number of nitrogens with one attached hydrogen (secondary N) is 1. The van der Waals surface area contributed by atoms with E-state index in [1.165, 1.54) is 11.1 Å². The van der Waals surface area contributed by atoms with Crippen LogP contribution in [-0.4, -0.2) is 31.5 Å². The van der Waals surface area contributed by atoms with Crippen LogP contribution in [0, 0.1) is 6.92 Å². The minimum Gasteiger partial charge on any atom is -0.497 e. The number of aryl methyl sites for hydroxylation is 1. The summed E-state index contributed by atoms with van der Waals surface area (Å²) >= 11 is 0. The summed E-state index contributed by atoms with van der Waals surface area (Å²) in [6.07, 6.45) is 0. The fourth-order valence-electron chi connectivity index (χ4n) is 3.31. The molecule has 0 fully saturated rings. The molecule has 4 heteroatoms. The van der Waals surface area contributed by atoms with Crippen molar-refractivity contribution in [2.75, 3.05) is 20.7 Å². The number of hydrogen-bond acceptors (Lipinski definition) is 3. The molecule has 0 unspecified atom stereocenters. The summed E-state index contributed by atoms with van der Waals surface area (Å²) in [4.78, 5) is 14.8. The van der Waals surface area contributed by atoms with Gasteiger partial charge in [0.15, 0.2) is 0 Å². The van der Waals surface area contributed by atoms with Gasteiger partial charge < -0.3 is 10.1 Å². The zero-order valence-corrected chi connectivity index (χ0v) is 17.3. The van der Waals surface area contributed by atoms with Crippen LogP contribution in [0.2, 0.25) is 0 Å². The van der Waals surface area contributed by atoms with Crippen LogP contribution >= 0.6 is 0 Å². The maximum absolute atomic E-state index is 12.8. The molecule has 3 aromatic rings. The number of carbonyl (C=O) groups excluding carboxylic acids is 1. The van der Waals surface area contributed by atoms with Crippen LogP contribution in [0.5, 0.6) is 5.75 Å². The van der Waals surface area contributed by atoms with Gasteiger partial charge >= 0.3 is 0 Å². The standard InChI is InChI=1S/C25H28N2O2/c1-19-9-11-20(12-10-19)17-27(2)18-24(28)26-25(21-7-5-4-6-8-21)22-13-15-23(29-3)16-14-22/h4-16,25H,17-18H2,1-3H3,(H,26,28)/t25-/m1/s1. The van der Waals surface area contributed by atoms with Gasteiger partial charge in [-0.05, 0) is 42.8 Å². The minimum atomic E-state index is -0.206. The van der Waals surface area contributed by atoms with Gasteiger partial charge in [0.05, 0.1) is 19.7 Å². The third-order valence-corrected chi connectivity index (χ3v) is 4.87. The molecule has 0 aromatic heterocycles. The van der Waals surface area contributed by atoms with Gasteiger partial charge in [-0.1, -0.05) is 72.3 Å². The molecule has 150 valence electrons. The Labute approximate surface area is 173 Å². The van der Waals surface area contributed by atoms with E-state index in [2.05, 4.69) is 36.5 Å². The summed E-state index contributed by atoms with van der Waals surface area (Å²) < 4.78 is 5.26. The number of methoxy groups -OCH3 is 1. The van der Waals surface area contributed by atoms with Crippen molar-refractivity contribution < 1.29 is 9.53 Å². The molecule has 3 aromatic carbocycles. The van der Waals surface area contributed by atoms with E-state index in [0.29, 0.717) is 6.54 Å². The van der Waals surface area contributed by atoms with Crippen molar-refractivity contribution in [1.82, 2.24) is 10.2 Å². The van der Waals surface area contributed by atoms with E-state index < -0.39 is 0 Å². The van der Waals surface area contributed by atoms with Crippen molar-refractivity contribution in [2.24, 2.45) is 0 Å². The lowest BCUT2D eigenvalue weighted by Crippen LogP contribution is -2.37. The molecule has 0 saturated heterocycles. The molecular formula is C25H28N2O2. The minimum absolute atomic E-state index is 0.00992. The molecule has 0 aliphatic carbocycles.